The molecule has 0 radical (unpaired) electrons. The number of para-hydroxylation sites is 2. The highest BCUT2D eigenvalue weighted by molar-refractivity contribution is 7.00. The molecule has 0 bridgehead atoms. The molecule has 0 fully saturated rings. The first kappa shape index (κ1) is 61.4. The van der Waals surface area contributed by atoms with Gasteiger partial charge in [-0.1, -0.05) is 242 Å². The molecule has 0 aliphatic rings. The molecule has 16 aromatic carbocycles. The van der Waals surface area contributed by atoms with Gasteiger partial charge in [0.05, 0.1) is 50.5 Å². The Balaban J connectivity index is 0.671. The van der Waals surface area contributed by atoms with Crippen LogP contribution in [0.3, 0.4) is 0 Å². The average Bonchev–Trinajstić information content (AvgIpc) is 1.57. The molecular formula is C98H66N6S. The summed E-state index contributed by atoms with van der Waals surface area (Å²) in [5.41, 5.74) is 33.7. The molecule has 20 rings (SSSR count). The van der Waals surface area contributed by atoms with Crippen LogP contribution in [0.2, 0.25) is 0 Å². The van der Waals surface area contributed by atoms with E-state index >= 15 is 0 Å². The van der Waals surface area contributed by atoms with E-state index in [0.717, 1.165) is 89.6 Å². The van der Waals surface area contributed by atoms with Crippen LogP contribution in [0.15, 0.2) is 364 Å². The predicted octanol–water partition coefficient (Wildman–Crippen LogP) is 26.7. The standard InChI is InChI=1S/C98H66N6S/c1-63-21-25-69(26-22-63)76-41-56-94-88(61-76)89-62-77(70-27-23-64(2)24-28-70)42-57-95(89)104(94)82-51-37-73(38-52-82)83-53-58-96(98-97(83)99-105-100-98)101(78-43-33-71(34-44-78)74-39-54-92-86(59-74)84-17-9-11-19-90(84)102(92)80-47-29-67(30-48-80)65-13-5-3-6-14-65)79-45-35-72(36-46-79)75-40-55-93-87(60-75)85-18-10-12-20-91(85)103(93)81-49-31-68(32-50-81)66-15-7-4-8-16-66/h3-62H,1-2H3. The molecule has 0 aliphatic carbocycles. The maximum Gasteiger partial charge on any atom is 0.129 e. The molecule has 0 amide bonds. The molecule has 7 heteroatoms. The SMILES string of the molecule is Cc1ccc(-c2ccc3c(c2)c2cc(-c4ccc(C)cc4)ccc2n3-c2ccc(-c3ccc(N(c4ccc(-c5ccc6c(c5)c5ccccc5n6-c5ccc(-c6ccccc6)cc5)cc4)c4ccc(-c5ccc6c(c5)c5ccccc5n6-c5ccc(-c6ccccc6)cc5)cc4)c4nsnc34)cc2)cc1. The lowest BCUT2D eigenvalue weighted by Gasteiger charge is -2.26. The summed E-state index contributed by atoms with van der Waals surface area (Å²) < 4.78 is 17.5. The summed E-state index contributed by atoms with van der Waals surface area (Å²) in [6.45, 7) is 4.28. The third-order valence-electron chi connectivity index (χ3n) is 21.3. The second-order valence-electron chi connectivity index (χ2n) is 27.6. The van der Waals surface area contributed by atoms with E-state index < -0.39 is 0 Å². The van der Waals surface area contributed by atoms with Crippen LogP contribution in [-0.2, 0) is 0 Å². The van der Waals surface area contributed by atoms with Gasteiger partial charge in [-0.3, -0.25) is 0 Å². The quantitative estimate of drug-likeness (QED) is 0.116. The highest BCUT2D eigenvalue weighted by Gasteiger charge is 2.24. The number of benzene rings is 16. The van der Waals surface area contributed by atoms with E-state index in [0.29, 0.717) is 0 Å². The van der Waals surface area contributed by atoms with Crippen molar-refractivity contribution >= 4 is 105 Å². The van der Waals surface area contributed by atoms with Crippen molar-refractivity contribution in [3.63, 3.8) is 0 Å². The lowest BCUT2D eigenvalue weighted by molar-refractivity contribution is 1.18. The summed E-state index contributed by atoms with van der Waals surface area (Å²) in [4.78, 5) is 2.35. The van der Waals surface area contributed by atoms with Gasteiger partial charge in [-0.2, -0.15) is 8.75 Å². The molecule has 20 aromatic rings. The molecule has 0 unspecified atom stereocenters. The molecule has 4 heterocycles. The average molecular weight is 1360 g/mol. The minimum absolute atomic E-state index is 0.832. The van der Waals surface area contributed by atoms with E-state index in [1.165, 1.54) is 122 Å². The van der Waals surface area contributed by atoms with Crippen LogP contribution < -0.4 is 4.90 Å². The Hall–Kier alpha value is -13.5. The molecule has 494 valence electrons. The summed E-state index contributed by atoms with van der Waals surface area (Å²) in [7, 11) is 0. The normalized spacial score (nSPS) is 11.7. The largest absolute Gasteiger partial charge is 0.309 e. The third kappa shape index (κ3) is 10.7. The Morgan fingerprint density at radius 2 is 0.514 bits per heavy atom. The first-order chi connectivity index (χ1) is 51.8. The number of aryl methyl sites for hydroxylation is 2. The van der Waals surface area contributed by atoms with Crippen molar-refractivity contribution in [1.82, 2.24) is 22.4 Å². The molecule has 4 aromatic heterocycles. The van der Waals surface area contributed by atoms with Crippen LogP contribution in [-0.4, -0.2) is 22.4 Å². The highest BCUT2D eigenvalue weighted by atomic mass is 32.1. The Morgan fingerprint density at radius 1 is 0.229 bits per heavy atom. The van der Waals surface area contributed by atoms with Gasteiger partial charge in [0.1, 0.15) is 11.0 Å². The molecular weight excluding hydrogens is 1290 g/mol. The van der Waals surface area contributed by atoms with E-state index in [1.807, 2.05) is 0 Å². The predicted molar refractivity (Wildman–Crippen MR) is 443 cm³/mol. The maximum atomic E-state index is 5.17. The number of aromatic nitrogens is 5. The van der Waals surface area contributed by atoms with Gasteiger partial charge in [0.25, 0.3) is 0 Å². The first-order valence-electron chi connectivity index (χ1n) is 35.8. The fourth-order valence-corrected chi connectivity index (χ4v) is 16.5. The van der Waals surface area contributed by atoms with Crippen LogP contribution >= 0.6 is 11.7 Å². The van der Waals surface area contributed by atoms with Crippen molar-refractivity contribution in [1.29, 1.82) is 0 Å². The van der Waals surface area contributed by atoms with Crippen molar-refractivity contribution in [3.05, 3.63) is 375 Å². The van der Waals surface area contributed by atoms with Crippen LogP contribution in [0, 0.1) is 13.8 Å². The van der Waals surface area contributed by atoms with Crippen LogP contribution in [0.25, 0.3) is 171 Å². The molecule has 105 heavy (non-hydrogen) atoms. The Kier molecular flexibility index (Phi) is 14.8. The van der Waals surface area contributed by atoms with Gasteiger partial charge >= 0.3 is 0 Å². The molecule has 0 atom stereocenters. The van der Waals surface area contributed by atoms with E-state index in [-0.39, 0.29) is 0 Å². The van der Waals surface area contributed by atoms with Gasteiger partial charge in [-0.05, 0) is 220 Å². The molecule has 0 saturated carbocycles. The first-order valence-corrected chi connectivity index (χ1v) is 36.6. The number of anilines is 3. The highest BCUT2D eigenvalue weighted by Crippen LogP contribution is 2.46. The lowest BCUT2D eigenvalue weighted by Crippen LogP contribution is -2.10. The van der Waals surface area contributed by atoms with Gasteiger partial charge in [-0.25, -0.2) is 0 Å². The molecule has 0 aliphatic heterocycles. The van der Waals surface area contributed by atoms with Gasteiger partial charge < -0.3 is 18.6 Å². The topological polar surface area (TPSA) is 43.8 Å². The lowest BCUT2D eigenvalue weighted by atomic mass is 9.99. The molecule has 0 N–H and O–H groups in total. The summed E-state index contributed by atoms with van der Waals surface area (Å²) in [6, 6.07) is 133. The Bertz CT molecular complexity index is 6360. The van der Waals surface area contributed by atoms with E-state index in [9.17, 15) is 0 Å². The number of rotatable bonds is 13. The third-order valence-corrected chi connectivity index (χ3v) is 21.9. The Labute approximate surface area is 612 Å². The van der Waals surface area contributed by atoms with Crippen molar-refractivity contribution in [2.45, 2.75) is 13.8 Å². The zero-order valence-electron chi connectivity index (χ0n) is 57.7. The van der Waals surface area contributed by atoms with Crippen LogP contribution in [0.4, 0.5) is 17.1 Å². The zero-order chi connectivity index (χ0) is 69.6. The monoisotopic (exact) mass is 1360 g/mol. The zero-order valence-corrected chi connectivity index (χ0v) is 58.5. The number of nitrogens with zero attached hydrogens (tertiary/aromatic N) is 6. The van der Waals surface area contributed by atoms with Gasteiger partial charge in [-0.15, -0.1) is 0 Å². The number of fused-ring (bicyclic) bond motifs is 10. The van der Waals surface area contributed by atoms with Gasteiger partial charge in [0, 0.05) is 66.3 Å². The smallest absolute Gasteiger partial charge is 0.129 e. The van der Waals surface area contributed by atoms with E-state index in [4.69, 9.17) is 8.75 Å². The van der Waals surface area contributed by atoms with Crippen molar-refractivity contribution in [2.75, 3.05) is 4.90 Å². The fourth-order valence-electron chi connectivity index (χ4n) is 16.0. The number of hydrogen-bond donors (Lipinski definition) is 0. The van der Waals surface area contributed by atoms with E-state index in [2.05, 4.69) is 396 Å². The van der Waals surface area contributed by atoms with Crippen LogP contribution in [0.1, 0.15) is 11.1 Å². The van der Waals surface area contributed by atoms with E-state index in [1.54, 1.807) is 0 Å². The fraction of sp³-hybridized carbons (Fsp3) is 0.0204. The summed E-state index contributed by atoms with van der Waals surface area (Å²) in [5.74, 6) is 0. The van der Waals surface area contributed by atoms with Crippen molar-refractivity contribution < 1.29 is 0 Å². The van der Waals surface area contributed by atoms with Crippen LogP contribution in [0.5, 0.6) is 0 Å². The minimum atomic E-state index is 0.832. The summed E-state index contributed by atoms with van der Waals surface area (Å²) in [5, 5.41) is 7.28. The molecule has 6 nitrogen and oxygen atoms in total. The van der Waals surface area contributed by atoms with Crippen molar-refractivity contribution in [2.24, 2.45) is 0 Å². The minimum Gasteiger partial charge on any atom is -0.309 e. The molecule has 0 spiro atoms. The summed E-state index contributed by atoms with van der Waals surface area (Å²) in [6.07, 6.45) is 0. The van der Waals surface area contributed by atoms with Gasteiger partial charge in [0.15, 0.2) is 0 Å². The molecule has 0 saturated heterocycles. The van der Waals surface area contributed by atoms with Gasteiger partial charge in [0.2, 0.25) is 0 Å². The summed E-state index contributed by atoms with van der Waals surface area (Å²) >= 11 is 1.26. The maximum absolute atomic E-state index is 5.17. The second kappa shape index (κ2) is 25.3. The number of hydrogen-bond acceptors (Lipinski definition) is 4. The second-order valence-corrected chi connectivity index (χ2v) is 28.1. The Morgan fingerprint density at radius 3 is 0.905 bits per heavy atom. The van der Waals surface area contributed by atoms with Crippen molar-refractivity contribution in [3.8, 4) is 95.0 Å².